The maximum atomic E-state index is 13.2. The maximum Gasteiger partial charge on any atom is 0.318 e. The first-order chi connectivity index (χ1) is 19.8. The van der Waals surface area contributed by atoms with Crippen LogP contribution in [0.3, 0.4) is 0 Å². The van der Waals surface area contributed by atoms with E-state index in [2.05, 4.69) is 6.07 Å². The van der Waals surface area contributed by atoms with Gasteiger partial charge in [0.25, 0.3) is 0 Å². The summed E-state index contributed by atoms with van der Waals surface area (Å²) < 4.78 is 27.5. The van der Waals surface area contributed by atoms with Gasteiger partial charge in [-0.1, -0.05) is 24.3 Å². The first kappa shape index (κ1) is 27.6. The lowest BCUT2D eigenvalue weighted by Crippen LogP contribution is -2.35. The van der Waals surface area contributed by atoms with Gasteiger partial charge in [-0.25, -0.2) is 0 Å². The van der Waals surface area contributed by atoms with E-state index < -0.39 is 11.4 Å². The summed E-state index contributed by atoms with van der Waals surface area (Å²) in [6.45, 7) is 0. The van der Waals surface area contributed by atoms with Crippen molar-refractivity contribution >= 4 is 12.0 Å². The number of rotatable bonds is 10. The zero-order valence-corrected chi connectivity index (χ0v) is 23.7. The van der Waals surface area contributed by atoms with Crippen LogP contribution in [0.4, 0.5) is 0 Å². The molecular formula is C34H32O7. The summed E-state index contributed by atoms with van der Waals surface area (Å²) in [7, 11) is 8.01. The van der Waals surface area contributed by atoms with Crippen molar-refractivity contribution in [2.45, 2.75) is 11.8 Å². The fourth-order valence-corrected chi connectivity index (χ4v) is 5.34. The molecule has 1 N–H and O–H groups in total. The van der Waals surface area contributed by atoms with Crippen LogP contribution < -0.4 is 23.7 Å². The Hall–Kier alpha value is -4.91. The number of aliphatic carboxylic acids is 1. The van der Waals surface area contributed by atoms with Crippen molar-refractivity contribution in [2.75, 3.05) is 35.5 Å². The van der Waals surface area contributed by atoms with Crippen LogP contribution >= 0.6 is 0 Å². The number of ether oxygens (including phenoxy) is 5. The normalized spacial score (nSPS) is 15.2. The molecule has 7 nitrogen and oxygen atoms in total. The van der Waals surface area contributed by atoms with E-state index in [1.807, 2.05) is 66.7 Å². The molecule has 0 bridgehead atoms. The number of hydrogen-bond acceptors (Lipinski definition) is 6. The Morgan fingerprint density at radius 2 is 1.12 bits per heavy atom. The fourth-order valence-electron chi connectivity index (χ4n) is 5.34. The molecule has 210 valence electrons. The summed E-state index contributed by atoms with van der Waals surface area (Å²) in [6, 6.07) is 22.8. The van der Waals surface area contributed by atoms with Crippen LogP contribution in [0.1, 0.15) is 16.7 Å². The summed E-state index contributed by atoms with van der Waals surface area (Å²) in [4.78, 5) is 13.2. The summed E-state index contributed by atoms with van der Waals surface area (Å²) in [5.41, 5.74) is 4.45. The van der Waals surface area contributed by atoms with E-state index in [1.54, 1.807) is 47.7 Å². The molecule has 7 heteroatoms. The molecule has 0 aromatic heterocycles. The van der Waals surface area contributed by atoms with E-state index in [4.69, 9.17) is 23.7 Å². The van der Waals surface area contributed by atoms with Gasteiger partial charge in [-0.2, -0.15) is 0 Å². The van der Waals surface area contributed by atoms with Crippen molar-refractivity contribution < 1.29 is 33.6 Å². The topological polar surface area (TPSA) is 83.5 Å². The van der Waals surface area contributed by atoms with Crippen LogP contribution in [0.15, 0.2) is 78.9 Å². The molecule has 0 fully saturated rings. The van der Waals surface area contributed by atoms with Gasteiger partial charge in [0.1, 0.15) is 34.2 Å². The Morgan fingerprint density at radius 3 is 1.61 bits per heavy atom. The summed E-state index contributed by atoms with van der Waals surface area (Å²) in [5.74, 6) is 2.30. The summed E-state index contributed by atoms with van der Waals surface area (Å²) in [6.07, 6.45) is 3.97. The quantitative estimate of drug-likeness (QED) is 0.236. The van der Waals surface area contributed by atoms with Crippen molar-refractivity contribution in [3.8, 4) is 51.0 Å². The maximum absolute atomic E-state index is 13.2. The highest BCUT2D eigenvalue weighted by molar-refractivity contribution is 5.96. The van der Waals surface area contributed by atoms with Crippen LogP contribution in [0.5, 0.6) is 28.7 Å². The largest absolute Gasteiger partial charge is 0.497 e. The standard InChI is InChI=1S/C34H32O7/c1-37-25-8-6-21(7-9-25)20-34(33(35)36)11-10-30-31(24-14-28(40-4)19-29(15-24)41-5)16-23(17-32(30)34)22-12-26(38-2)18-27(13-22)39-3/h6-19H,20H2,1-5H3,(H,35,36). The van der Waals surface area contributed by atoms with Gasteiger partial charge in [-0.15, -0.1) is 0 Å². The van der Waals surface area contributed by atoms with Crippen LogP contribution in [-0.2, 0) is 16.6 Å². The monoisotopic (exact) mass is 552 g/mol. The molecule has 1 aliphatic carbocycles. The van der Waals surface area contributed by atoms with Gasteiger partial charge in [0.05, 0.1) is 35.5 Å². The predicted molar refractivity (Wildman–Crippen MR) is 159 cm³/mol. The molecule has 0 heterocycles. The molecule has 0 saturated heterocycles. The molecule has 0 spiro atoms. The van der Waals surface area contributed by atoms with E-state index >= 15 is 0 Å². The van der Waals surface area contributed by atoms with Crippen molar-refractivity contribution in [3.63, 3.8) is 0 Å². The highest BCUT2D eigenvalue weighted by Gasteiger charge is 2.43. The lowest BCUT2D eigenvalue weighted by atomic mass is 9.75. The Bertz CT molecular complexity index is 1580. The van der Waals surface area contributed by atoms with Crippen molar-refractivity contribution in [1.29, 1.82) is 0 Å². The van der Waals surface area contributed by atoms with E-state index in [0.717, 1.165) is 33.4 Å². The Kier molecular flexibility index (Phi) is 7.62. The average molecular weight is 553 g/mol. The fraction of sp³-hybridized carbons (Fsp3) is 0.206. The van der Waals surface area contributed by atoms with Crippen molar-refractivity contribution in [3.05, 3.63) is 95.6 Å². The lowest BCUT2D eigenvalue weighted by molar-refractivity contribution is -0.141. The van der Waals surface area contributed by atoms with Gasteiger partial charge in [-0.05, 0) is 93.9 Å². The highest BCUT2D eigenvalue weighted by atomic mass is 16.5. The first-order valence-corrected chi connectivity index (χ1v) is 13.0. The van der Waals surface area contributed by atoms with Crippen LogP contribution in [0.2, 0.25) is 0 Å². The predicted octanol–water partition coefficient (Wildman–Crippen LogP) is 6.66. The number of fused-ring (bicyclic) bond motifs is 1. The van der Waals surface area contributed by atoms with Gasteiger partial charge in [0.15, 0.2) is 0 Å². The number of hydrogen-bond donors (Lipinski definition) is 1. The first-order valence-electron chi connectivity index (χ1n) is 13.0. The van der Waals surface area contributed by atoms with E-state index in [1.165, 1.54) is 0 Å². The van der Waals surface area contributed by atoms with Crippen molar-refractivity contribution in [2.24, 2.45) is 0 Å². The highest BCUT2D eigenvalue weighted by Crippen LogP contribution is 2.47. The van der Waals surface area contributed by atoms with Gasteiger partial charge < -0.3 is 28.8 Å². The summed E-state index contributed by atoms with van der Waals surface area (Å²) in [5, 5.41) is 10.8. The second-order valence-corrected chi connectivity index (χ2v) is 9.82. The molecule has 1 atom stereocenters. The molecule has 4 aromatic rings. The third-order valence-corrected chi connectivity index (χ3v) is 7.57. The summed E-state index contributed by atoms with van der Waals surface area (Å²) >= 11 is 0. The van der Waals surface area contributed by atoms with E-state index in [9.17, 15) is 9.90 Å². The third kappa shape index (κ3) is 5.18. The third-order valence-electron chi connectivity index (χ3n) is 7.57. The van der Waals surface area contributed by atoms with Gasteiger partial charge in [0.2, 0.25) is 0 Å². The SMILES string of the molecule is COc1ccc(CC2(C(=O)O)C=Cc3c(-c4cc(OC)cc(OC)c4)cc(-c4cc(OC)cc(OC)c4)cc32)cc1. The number of benzene rings is 4. The minimum absolute atomic E-state index is 0.265. The molecule has 0 aliphatic heterocycles. The zero-order valence-electron chi connectivity index (χ0n) is 23.7. The molecule has 1 aliphatic rings. The van der Waals surface area contributed by atoms with Gasteiger partial charge in [-0.3, -0.25) is 4.79 Å². The van der Waals surface area contributed by atoms with Crippen molar-refractivity contribution in [1.82, 2.24) is 0 Å². The van der Waals surface area contributed by atoms with Gasteiger partial charge in [0, 0.05) is 12.1 Å². The second-order valence-electron chi connectivity index (χ2n) is 9.82. The van der Waals surface area contributed by atoms with Gasteiger partial charge >= 0.3 is 5.97 Å². The average Bonchev–Trinajstić information content (AvgIpc) is 3.39. The molecule has 0 radical (unpaired) electrons. The number of carboxylic acid groups (broad SMARTS) is 1. The molecule has 0 amide bonds. The van der Waals surface area contributed by atoms with Crippen LogP contribution in [-0.4, -0.2) is 46.6 Å². The number of methoxy groups -OCH3 is 5. The Labute approximate surface area is 239 Å². The molecule has 4 aromatic carbocycles. The molecule has 1 unspecified atom stereocenters. The Morgan fingerprint density at radius 1 is 0.634 bits per heavy atom. The number of carbonyl (C=O) groups is 1. The second kappa shape index (κ2) is 11.3. The Balaban J connectivity index is 1.77. The number of carboxylic acids is 1. The molecule has 5 rings (SSSR count). The van der Waals surface area contributed by atoms with E-state index in [-0.39, 0.29) is 6.42 Å². The van der Waals surface area contributed by atoms with Crippen LogP contribution in [0, 0.1) is 0 Å². The smallest absolute Gasteiger partial charge is 0.318 e. The van der Waals surface area contributed by atoms with E-state index in [0.29, 0.717) is 34.3 Å². The zero-order chi connectivity index (χ0) is 29.1. The van der Waals surface area contributed by atoms with Crippen LogP contribution in [0.25, 0.3) is 28.3 Å². The minimum atomic E-state index is -1.29. The minimum Gasteiger partial charge on any atom is -0.497 e. The molecule has 41 heavy (non-hydrogen) atoms. The molecular weight excluding hydrogens is 520 g/mol. The lowest BCUT2D eigenvalue weighted by Gasteiger charge is -2.26. The molecule has 0 saturated carbocycles.